The predicted molar refractivity (Wildman–Crippen MR) is 90.1 cm³/mol. The summed E-state index contributed by atoms with van der Waals surface area (Å²) in [6.45, 7) is 2.00. The zero-order valence-corrected chi connectivity index (χ0v) is 14.5. The smallest absolute Gasteiger partial charge is 0.205 e. The first-order valence-electron chi connectivity index (χ1n) is 6.91. The van der Waals surface area contributed by atoms with E-state index in [1.54, 1.807) is 20.4 Å². The van der Waals surface area contributed by atoms with Crippen LogP contribution in [0.15, 0.2) is 41.3 Å². The molecule has 6 nitrogen and oxygen atoms in total. The molecule has 0 saturated carbocycles. The van der Waals surface area contributed by atoms with Crippen molar-refractivity contribution in [1.82, 2.24) is 19.7 Å². The Labute approximate surface area is 142 Å². The number of methoxy groups -OCH3 is 2. The fourth-order valence-electron chi connectivity index (χ4n) is 2.34. The van der Waals surface area contributed by atoms with E-state index in [1.807, 2.05) is 41.8 Å². The SMILES string of the molecule is COc1cccc(OC)c1-n1c(Br)nnc1-c1cc(C)ccn1. The van der Waals surface area contributed by atoms with Crippen LogP contribution in [-0.4, -0.2) is 34.0 Å². The normalized spacial score (nSPS) is 10.6. The Hall–Kier alpha value is -2.41. The molecule has 3 rings (SSSR count). The van der Waals surface area contributed by atoms with E-state index in [0.29, 0.717) is 27.7 Å². The van der Waals surface area contributed by atoms with Gasteiger partial charge in [0.05, 0.1) is 14.2 Å². The summed E-state index contributed by atoms with van der Waals surface area (Å²) in [7, 11) is 3.22. The molecule has 0 spiro atoms. The van der Waals surface area contributed by atoms with Crippen LogP contribution in [0, 0.1) is 6.92 Å². The molecule has 0 radical (unpaired) electrons. The molecule has 0 aliphatic rings. The lowest BCUT2D eigenvalue weighted by Crippen LogP contribution is -2.04. The van der Waals surface area contributed by atoms with E-state index >= 15 is 0 Å². The van der Waals surface area contributed by atoms with Crippen molar-refractivity contribution < 1.29 is 9.47 Å². The maximum Gasteiger partial charge on any atom is 0.205 e. The molecule has 0 aliphatic carbocycles. The average molecular weight is 375 g/mol. The maximum absolute atomic E-state index is 5.48. The van der Waals surface area contributed by atoms with Crippen molar-refractivity contribution in [3.8, 4) is 28.7 Å². The van der Waals surface area contributed by atoms with Gasteiger partial charge in [0.25, 0.3) is 0 Å². The molecule has 0 aliphatic heterocycles. The van der Waals surface area contributed by atoms with Gasteiger partial charge in [0.15, 0.2) is 5.82 Å². The molecule has 3 aromatic rings. The van der Waals surface area contributed by atoms with Crippen molar-refractivity contribution in [2.75, 3.05) is 14.2 Å². The van der Waals surface area contributed by atoms with Crippen molar-refractivity contribution in [3.63, 3.8) is 0 Å². The first-order valence-corrected chi connectivity index (χ1v) is 7.70. The van der Waals surface area contributed by atoms with Crippen molar-refractivity contribution in [1.29, 1.82) is 0 Å². The van der Waals surface area contributed by atoms with E-state index in [9.17, 15) is 0 Å². The lowest BCUT2D eigenvalue weighted by molar-refractivity contribution is 0.391. The summed E-state index contributed by atoms with van der Waals surface area (Å²) in [4.78, 5) is 4.39. The van der Waals surface area contributed by atoms with Crippen LogP contribution in [-0.2, 0) is 0 Å². The Balaban J connectivity index is 2.29. The van der Waals surface area contributed by atoms with Gasteiger partial charge in [-0.15, -0.1) is 10.2 Å². The number of ether oxygens (including phenoxy) is 2. The van der Waals surface area contributed by atoms with E-state index in [1.165, 1.54) is 0 Å². The highest BCUT2D eigenvalue weighted by Crippen LogP contribution is 2.36. The number of hydrogen-bond acceptors (Lipinski definition) is 5. The van der Waals surface area contributed by atoms with Crippen LogP contribution in [0.25, 0.3) is 17.2 Å². The van der Waals surface area contributed by atoms with E-state index in [4.69, 9.17) is 9.47 Å². The van der Waals surface area contributed by atoms with Crippen molar-refractivity contribution in [2.45, 2.75) is 6.92 Å². The second kappa shape index (κ2) is 6.37. The van der Waals surface area contributed by atoms with E-state index in [-0.39, 0.29) is 0 Å². The summed E-state index contributed by atoms with van der Waals surface area (Å²) < 4.78 is 13.3. The van der Waals surface area contributed by atoms with Crippen molar-refractivity contribution in [3.05, 3.63) is 46.8 Å². The number of aromatic nitrogens is 4. The second-order valence-electron chi connectivity index (χ2n) is 4.86. The summed E-state index contributed by atoms with van der Waals surface area (Å²) in [5, 5.41) is 8.38. The summed E-state index contributed by atoms with van der Waals surface area (Å²) in [5.74, 6) is 1.90. The van der Waals surface area contributed by atoms with Gasteiger partial charge in [0.2, 0.25) is 4.73 Å². The Kier molecular flexibility index (Phi) is 4.29. The van der Waals surface area contributed by atoms with Gasteiger partial charge < -0.3 is 9.47 Å². The first kappa shape index (κ1) is 15.5. The Bertz CT molecular complexity index is 826. The van der Waals surface area contributed by atoms with Crippen LogP contribution in [0.2, 0.25) is 0 Å². The number of aryl methyl sites for hydroxylation is 1. The summed E-state index contributed by atoms with van der Waals surface area (Å²) in [6.07, 6.45) is 1.75. The number of hydrogen-bond donors (Lipinski definition) is 0. The molecule has 0 bridgehead atoms. The van der Waals surface area contributed by atoms with Gasteiger partial charge in [-0.3, -0.25) is 9.55 Å². The Morgan fingerprint density at radius 3 is 2.35 bits per heavy atom. The fourth-order valence-corrected chi connectivity index (χ4v) is 2.76. The molecule has 2 aromatic heterocycles. The van der Waals surface area contributed by atoms with Crippen LogP contribution < -0.4 is 9.47 Å². The van der Waals surface area contributed by atoms with Crippen molar-refractivity contribution >= 4 is 15.9 Å². The summed E-state index contributed by atoms with van der Waals surface area (Å²) >= 11 is 3.45. The minimum atomic E-state index is 0.540. The topological polar surface area (TPSA) is 62.1 Å². The molecule has 1 aromatic carbocycles. The third-order valence-electron chi connectivity index (χ3n) is 3.39. The Morgan fingerprint density at radius 2 is 1.74 bits per heavy atom. The van der Waals surface area contributed by atoms with Crippen LogP contribution in [0.1, 0.15) is 5.56 Å². The molecular weight excluding hydrogens is 360 g/mol. The molecule has 0 N–H and O–H groups in total. The van der Waals surface area contributed by atoms with E-state index in [2.05, 4.69) is 31.1 Å². The van der Waals surface area contributed by atoms with Gasteiger partial charge in [-0.05, 0) is 52.7 Å². The zero-order valence-electron chi connectivity index (χ0n) is 12.9. The predicted octanol–water partition coefficient (Wildman–Crippen LogP) is 3.42. The first-order chi connectivity index (χ1) is 11.2. The fraction of sp³-hybridized carbons (Fsp3) is 0.188. The number of benzene rings is 1. The lowest BCUT2D eigenvalue weighted by Gasteiger charge is -2.15. The number of nitrogens with zero attached hydrogens (tertiary/aromatic N) is 4. The molecule has 0 unspecified atom stereocenters. The highest BCUT2D eigenvalue weighted by atomic mass is 79.9. The summed E-state index contributed by atoms with van der Waals surface area (Å²) in [5.41, 5.74) is 2.52. The van der Waals surface area contributed by atoms with Crippen molar-refractivity contribution in [2.24, 2.45) is 0 Å². The van der Waals surface area contributed by atoms with Crippen LogP contribution in [0.5, 0.6) is 11.5 Å². The third-order valence-corrected chi connectivity index (χ3v) is 3.91. The number of para-hydroxylation sites is 1. The largest absolute Gasteiger partial charge is 0.494 e. The Morgan fingerprint density at radius 1 is 1.04 bits per heavy atom. The maximum atomic E-state index is 5.48. The van der Waals surface area contributed by atoms with Gasteiger partial charge in [0.1, 0.15) is 22.9 Å². The van der Waals surface area contributed by atoms with Gasteiger partial charge >= 0.3 is 0 Å². The van der Waals surface area contributed by atoms with E-state index < -0.39 is 0 Å². The average Bonchev–Trinajstić information content (AvgIpc) is 2.95. The molecule has 0 amide bonds. The van der Waals surface area contributed by atoms with Gasteiger partial charge in [-0.1, -0.05) is 6.07 Å². The van der Waals surface area contributed by atoms with Gasteiger partial charge in [-0.25, -0.2) is 0 Å². The molecule has 7 heteroatoms. The molecule has 23 heavy (non-hydrogen) atoms. The minimum absolute atomic E-state index is 0.540. The molecule has 118 valence electrons. The standard InChI is InChI=1S/C16H15BrN4O2/c1-10-7-8-18-11(9-10)15-19-20-16(17)21(15)14-12(22-2)5-4-6-13(14)23-3/h4-9H,1-3H3. The highest BCUT2D eigenvalue weighted by Gasteiger charge is 2.21. The molecule has 0 atom stereocenters. The minimum Gasteiger partial charge on any atom is -0.494 e. The molecule has 2 heterocycles. The van der Waals surface area contributed by atoms with Crippen LogP contribution >= 0.6 is 15.9 Å². The highest BCUT2D eigenvalue weighted by molar-refractivity contribution is 9.10. The van der Waals surface area contributed by atoms with Gasteiger partial charge in [-0.2, -0.15) is 0 Å². The quantitative estimate of drug-likeness (QED) is 0.699. The van der Waals surface area contributed by atoms with E-state index in [0.717, 1.165) is 11.3 Å². The second-order valence-corrected chi connectivity index (χ2v) is 5.57. The monoisotopic (exact) mass is 374 g/mol. The molecular formula is C16H15BrN4O2. The molecule has 0 saturated heterocycles. The lowest BCUT2D eigenvalue weighted by atomic mass is 10.2. The number of pyridine rings is 1. The van der Waals surface area contributed by atoms with Gasteiger partial charge in [0, 0.05) is 6.20 Å². The number of halogens is 1. The van der Waals surface area contributed by atoms with Crippen LogP contribution in [0.3, 0.4) is 0 Å². The number of rotatable bonds is 4. The zero-order chi connectivity index (χ0) is 16.4. The van der Waals surface area contributed by atoms with Crippen LogP contribution in [0.4, 0.5) is 0 Å². The molecule has 0 fully saturated rings. The summed E-state index contributed by atoms with van der Waals surface area (Å²) in [6, 6.07) is 9.47. The third kappa shape index (κ3) is 2.79.